The molecule has 0 fully saturated rings. The molecule has 2 N–H and O–H groups in total. The Morgan fingerprint density at radius 3 is 2.23 bits per heavy atom. The van der Waals surface area contributed by atoms with Crippen LogP contribution < -0.4 is 14.9 Å². The predicted octanol–water partition coefficient (Wildman–Crippen LogP) is 4.04. The zero-order valence-corrected chi connectivity index (χ0v) is 19.4. The molecule has 0 radical (unpaired) electrons. The van der Waals surface area contributed by atoms with Gasteiger partial charge in [-0.25, -0.2) is 8.42 Å². The molecule has 0 aliphatic rings. The van der Waals surface area contributed by atoms with E-state index in [1.165, 1.54) is 12.1 Å². The lowest BCUT2D eigenvalue weighted by atomic mass is 10.1. The Morgan fingerprint density at radius 1 is 0.914 bits per heavy atom. The van der Waals surface area contributed by atoms with Crippen molar-refractivity contribution in [2.24, 2.45) is 0 Å². The van der Waals surface area contributed by atoms with Crippen LogP contribution >= 0.6 is 0 Å². The van der Waals surface area contributed by atoms with Gasteiger partial charge in [-0.15, -0.1) is 0 Å². The second-order valence-corrected chi connectivity index (χ2v) is 9.49. The molecule has 0 aromatic heterocycles. The molecule has 0 bridgehead atoms. The monoisotopic (exact) mass is 505 g/mol. The van der Waals surface area contributed by atoms with E-state index in [0.29, 0.717) is 10.4 Å². The molecule has 0 aliphatic carbocycles. The first-order valence-corrected chi connectivity index (χ1v) is 12.2. The Labute approximate surface area is 200 Å². The third-order valence-electron chi connectivity index (χ3n) is 4.89. The summed E-state index contributed by atoms with van der Waals surface area (Å²) >= 11 is 0. The number of anilines is 2. The van der Waals surface area contributed by atoms with Crippen molar-refractivity contribution in [3.63, 3.8) is 0 Å². The quantitative estimate of drug-likeness (QED) is 0.483. The van der Waals surface area contributed by atoms with Crippen LogP contribution in [-0.2, 0) is 27.5 Å². The summed E-state index contributed by atoms with van der Waals surface area (Å²) in [5.74, 6) is -1.31. The Morgan fingerprint density at radius 2 is 1.57 bits per heavy atom. The van der Waals surface area contributed by atoms with Crippen molar-refractivity contribution in [2.75, 3.05) is 22.4 Å². The van der Waals surface area contributed by atoms with Gasteiger partial charge in [0.2, 0.25) is 15.9 Å². The highest BCUT2D eigenvalue weighted by Crippen LogP contribution is 2.32. The standard InChI is InChI=1S/C24H22F3N3O4S/c1-35(33,34)30(19-11-7-10-18(14-19)24(25,26)27)16-22(31)29-21-13-6-5-12-20(21)23(32)28-15-17-8-3-2-4-9-17/h2-14H,15-16H2,1H3,(H,28,32)(H,29,31). The van der Waals surface area contributed by atoms with Gasteiger partial charge in [0.25, 0.3) is 5.91 Å². The number of carbonyl (C=O) groups is 2. The number of sulfonamides is 1. The van der Waals surface area contributed by atoms with Gasteiger partial charge in [-0.2, -0.15) is 13.2 Å². The number of rotatable bonds is 8. The number of hydrogen-bond donors (Lipinski definition) is 2. The van der Waals surface area contributed by atoms with Crippen LogP contribution in [0.2, 0.25) is 0 Å². The first-order valence-electron chi connectivity index (χ1n) is 10.3. The van der Waals surface area contributed by atoms with Crippen molar-refractivity contribution in [1.82, 2.24) is 5.32 Å². The number of nitrogens with zero attached hydrogens (tertiary/aromatic N) is 1. The highest BCUT2D eigenvalue weighted by Gasteiger charge is 2.32. The van der Waals surface area contributed by atoms with E-state index < -0.39 is 40.1 Å². The second-order valence-electron chi connectivity index (χ2n) is 7.58. The van der Waals surface area contributed by atoms with E-state index in [1.807, 2.05) is 30.3 Å². The Bertz CT molecular complexity index is 1310. The molecular weight excluding hydrogens is 483 g/mol. The van der Waals surface area contributed by atoms with Crippen molar-refractivity contribution < 1.29 is 31.2 Å². The smallest absolute Gasteiger partial charge is 0.348 e. The van der Waals surface area contributed by atoms with Gasteiger partial charge >= 0.3 is 6.18 Å². The van der Waals surface area contributed by atoms with Crippen LogP contribution in [0.15, 0.2) is 78.9 Å². The molecule has 0 atom stereocenters. The van der Waals surface area contributed by atoms with Crippen LogP contribution in [-0.4, -0.2) is 33.0 Å². The zero-order chi connectivity index (χ0) is 25.6. The average molecular weight is 506 g/mol. The molecule has 3 aromatic carbocycles. The number of halogens is 3. The van der Waals surface area contributed by atoms with E-state index in [0.717, 1.165) is 30.0 Å². The average Bonchev–Trinajstić information content (AvgIpc) is 2.81. The maximum absolute atomic E-state index is 13.1. The molecule has 0 saturated carbocycles. The first-order chi connectivity index (χ1) is 16.4. The SMILES string of the molecule is CS(=O)(=O)N(CC(=O)Nc1ccccc1C(=O)NCc1ccccc1)c1cccc(C(F)(F)F)c1. The maximum Gasteiger partial charge on any atom is 0.416 e. The van der Waals surface area contributed by atoms with Gasteiger partial charge in [0, 0.05) is 6.54 Å². The minimum atomic E-state index is -4.69. The molecule has 3 rings (SSSR count). The van der Waals surface area contributed by atoms with Gasteiger partial charge in [0.1, 0.15) is 6.54 Å². The van der Waals surface area contributed by atoms with Crippen molar-refractivity contribution in [1.29, 1.82) is 0 Å². The molecule has 0 unspecified atom stereocenters. The van der Waals surface area contributed by atoms with Gasteiger partial charge < -0.3 is 10.6 Å². The van der Waals surface area contributed by atoms with E-state index in [9.17, 15) is 31.2 Å². The summed E-state index contributed by atoms with van der Waals surface area (Å²) in [4.78, 5) is 25.4. The number of alkyl halides is 3. The largest absolute Gasteiger partial charge is 0.416 e. The van der Waals surface area contributed by atoms with E-state index in [-0.39, 0.29) is 23.5 Å². The molecule has 35 heavy (non-hydrogen) atoms. The molecule has 0 spiro atoms. The predicted molar refractivity (Wildman–Crippen MR) is 126 cm³/mol. The number of benzene rings is 3. The Hall–Kier alpha value is -3.86. The number of para-hydroxylation sites is 1. The molecular formula is C24H22F3N3O4S. The minimum Gasteiger partial charge on any atom is -0.348 e. The van der Waals surface area contributed by atoms with E-state index in [1.54, 1.807) is 12.1 Å². The van der Waals surface area contributed by atoms with Crippen LogP contribution in [0.4, 0.5) is 24.5 Å². The number of amides is 2. The summed E-state index contributed by atoms with van der Waals surface area (Å²) in [5, 5.41) is 5.22. The van der Waals surface area contributed by atoms with Gasteiger partial charge in [0.05, 0.1) is 28.8 Å². The first kappa shape index (κ1) is 25.8. The van der Waals surface area contributed by atoms with Crippen LogP contribution in [0.25, 0.3) is 0 Å². The van der Waals surface area contributed by atoms with Gasteiger partial charge in [-0.1, -0.05) is 48.5 Å². The third-order valence-corrected chi connectivity index (χ3v) is 6.03. The van der Waals surface area contributed by atoms with Crippen LogP contribution in [0.3, 0.4) is 0 Å². The summed E-state index contributed by atoms with van der Waals surface area (Å²) in [5.41, 5.74) is -0.231. The molecule has 2 amide bonds. The lowest BCUT2D eigenvalue weighted by Crippen LogP contribution is -2.38. The van der Waals surface area contributed by atoms with E-state index >= 15 is 0 Å². The van der Waals surface area contributed by atoms with E-state index in [2.05, 4.69) is 10.6 Å². The second kappa shape index (κ2) is 10.6. The Balaban J connectivity index is 1.77. The summed E-state index contributed by atoms with van der Waals surface area (Å²) in [6.07, 6.45) is -3.90. The van der Waals surface area contributed by atoms with Crippen LogP contribution in [0.5, 0.6) is 0 Å². The number of nitrogens with one attached hydrogen (secondary N) is 2. The van der Waals surface area contributed by atoms with E-state index in [4.69, 9.17) is 0 Å². The Kier molecular flexibility index (Phi) is 7.80. The lowest BCUT2D eigenvalue weighted by molar-refractivity contribution is -0.137. The fourth-order valence-electron chi connectivity index (χ4n) is 3.22. The lowest BCUT2D eigenvalue weighted by Gasteiger charge is -2.23. The van der Waals surface area contributed by atoms with Crippen LogP contribution in [0, 0.1) is 0 Å². The molecule has 184 valence electrons. The number of hydrogen-bond acceptors (Lipinski definition) is 4. The fourth-order valence-corrected chi connectivity index (χ4v) is 4.07. The van der Waals surface area contributed by atoms with Gasteiger partial charge in [-0.3, -0.25) is 13.9 Å². The summed E-state index contributed by atoms with van der Waals surface area (Å²) in [6.45, 7) is -0.542. The van der Waals surface area contributed by atoms with Gasteiger partial charge in [0.15, 0.2) is 0 Å². The maximum atomic E-state index is 13.1. The van der Waals surface area contributed by atoms with Crippen molar-refractivity contribution in [3.05, 3.63) is 95.6 Å². The summed E-state index contributed by atoms with van der Waals surface area (Å²) < 4.78 is 64.4. The third kappa shape index (κ3) is 7.06. The minimum absolute atomic E-state index is 0.126. The fraction of sp³-hybridized carbons (Fsp3) is 0.167. The highest BCUT2D eigenvalue weighted by molar-refractivity contribution is 7.92. The molecule has 0 heterocycles. The zero-order valence-electron chi connectivity index (χ0n) is 18.5. The van der Waals surface area contributed by atoms with Crippen LogP contribution in [0.1, 0.15) is 21.5 Å². The highest BCUT2D eigenvalue weighted by atomic mass is 32.2. The summed E-state index contributed by atoms with van der Waals surface area (Å²) in [6, 6.07) is 19.0. The number of carbonyl (C=O) groups excluding carboxylic acids is 2. The molecule has 0 saturated heterocycles. The van der Waals surface area contributed by atoms with Crippen molar-refractivity contribution in [2.45, 2.75) is 12.7 Å². The van der Waals surface area contributed by atoms with Crippen molar-refractivity contribution >= 4 is 33.2 Å². The summed E-state index contributed by atoms with van der Waals surface area (Å²) in [7, 11) is -4.11. The van der Waals surface area contributed by atoms with Crippen molar-refractivity contribution in [3.8, 4) is 0 Å². The molecule has 11 heteroatoms. The molecule has 7 nitrogen and oxygen atoms in total. The molecule has 0 aliphatic heterocycles. The van der Waals surface area contributed by atoms with Gasteiger partial charge in [-0.05, 0) is 35.9 Å². The molecule has 3 aromatic rings. The normalized spacial score (nSPS) is 11.5. The topological polar surface area (TPSA) is 95.6 Å².